The van der Waals surface area contributed by atoms with Crippen LogP contribution in [0.2, 0.25) is 0 Å². The molecule has 0 aliphatic carbocycles. The van der Waals surface area contributed by atoms with Gasteiger partial charge in [-0.1, -0.05) is 18.2 Å². The Morgan fingerprint density at radius 2 is 1.81 bits per heavy atom. The first kappa shape index (κ1) is 12.9. The Hall–Kier alpha value is -1.20. The number of hydrogen-bond acceptors (Lipinski definition) is 2. The lowest BCUT2D eigenvalue weighted by Gasteiger charge is -2.32. The van der Waals surface area contributed by atoms with E-state index in [1.165, 1.54) is 5.69 Å². The SMILES string of the molecule is Cl.N#CCC1CCN(c2ccccc2)CC1. The van der Waals surface area contributed by atoms with E-state index >= 15 is 0 Å². The molecule has 0 radical (unpaired) electrons. The zero-order chi connectivity index (χ0) is 10.5. The number of rotatable bonds is 2. The van der Waals surface area contributed by atoms with Crippen LogP contribution in [0.1, 0.15) is 19.3 Å². The zero-order valence-electron chi connectivity index (χ0n) is 9.30. The summed E-state index contributed by atoms with van der Waals surface area (Å²) < 4.78 is 0. The van der Waals surface area contributed by atoms with Crippen molar-refractivity contribution in [3.05, 3.63) is 30.3 Å². The van der Waals surface area contributed by atoms with Crippen LogP contribution in [0, 0.1) is 17.2 Å². The number of benzene rings is 1. The van der Waals surface area contributed by atoms with Crippen molar-refractivity contribution in [1.29, 1.82) is 5.26 Å². The van der Waals surface area contributed by atoms with Crippen LogP contribution in [0.4, 0.5) is 5.69 Å². The first-order valence-electron chi connectivity index (χ1n) is 5.57. The summed E-state index contributed by atoms with van der Waals surface area (Å²) in [5, 5.41) is 8.64. The molecule has 0 aromatic heterocycles. The number of halogens is 1. The quantitative estimate of drug-likeness (QED) is 0.788. The third kappa shape index (κ3) is 3.15. The van der Waals surface area contributed by atoms with Crippen molar-refractivity contribution >= 4 is 18.1 Å². The van der Waals surface area contributed by atoms with Gasteiger partial charge < -0.3 is 4.90 Å². The predicted molar refractivity (Wildman–Crippen MR) is 68.9 cm³/mol. The first-order chi connectivity index (χ1) is 7.40. The van der Waals surface area contributed by atoms with Crippen molar-refractivity contribution in [3.63, 3.8) is 0 Å². The summed E-state index contributed by atoms with van der Waals surface area (Å²) in [6.45, 7) is 2.19. The van der Waals surface area contributed by atoms with Crippen molar-refractivity contribution in [3.8, 4) is 6.07 Å². The molecule has 0 amide bonds. The van der Waals surface area contributed by atoms with E-state index in [9.17, 15) is 0 Å². The molecule has 1 aliphatic rings. The minimum absolute atomic E-state index is 0. The van der Waals surface area contributed by atoms with Gasteiger partial charge in [0, 0.05) is 25.2 Å². The van der Waals surface area contributed by atoms with Crippen LogP contribution in [-0.2, 0) is 0 Å². The van der Waals surface area contributed by atoms with Crippen molar-refractivity contribution < 1.29 is 0 Å². The van der Waals surface area contributed by atoms with Gasteiger partial charge in [-0.3, -0.25) is 0 Å². The summed E-state index contributed by atoms with van der Waals surface area (Å²) >= 11 is 0. The fourth-order valence-corrected chi connectivity index (χ4v) is 2.16. The van der Waals surface area contributed by atoms with Crippen LogP contribution >= 0.6 is 12.4 Å². The summed E-state index contributed by atoms with van der Waals surface area (Å²) in [6, 6.07) is 12.8. The molecular formula is C13H17ClN2. The van der Waals surface area contributed by atoms with E-state index in [-0.39, 0.29) is 12.4 Å². The molecule has 0 unspecified atom stereocenters. The largest absolute Gasteiger partial charge is 0.372 e. The average Bonchev–Trinajstić information content (AvgIpc) is 2.32. The monoisotopic (exact) mass is 236 g/mol. The minimum Gasteiger partial charge on any atom is -0.372 e. The third-order valence-electron chi connectivity index (χ3n) is 3.12. The van der Waals surface area contributed by atoms with Gasteiger partial charge in [-0.2, -0.15) is 5.26 Å². The highest BCUT2D eigenvalue weighted by Crippen LogP contribution is 2.24. The lowest BCUT2D eigenvalue weighted by molar-refractivity contribution is 0.413. The van der Waals surface area contributed by atoms with E-state index in [1.54, 1.807) is 0 Å². The van der Waals surface area contributed by atoms with Crippen LogP contribution in [0.3, 0.4) is 0 Å². The molecule has 0 atom stereocenters. The first-order valence-corrected chi connectivity index (χ1v) is 5.57. The molecule has 0 spiro atoms. The third-order valence-corrected chi connectivity index (χ3v) is 3.12. The van der Waals surface area contributed by atoms with E-state index in [0.29, 0.717) is 5.92 Å². The Bertz CT molecular complexity index is 337. The molecule has 1 heterocycles. The summed E-state index contributed by atoms with van der Waals surface area (Å²) in [5.41, 5.74) is 1.31. The van der Waals surface area contributed by atoms with Gasteiger partial charge in [0.2, 0.25) is 0 Å². The molecule has 1 aromatic carbocycles. The van der Waals surface area contributed by atoms with Crippen LogP contribution in [0.25, 0.3) is 0 Å². The fraction of sp³-hybridized carbons (Fsp3) is 0.462. The fourth-order valence-electron chi connectivity index (χ4n) is 2.16. The highest BCUT2D eigenvalue weighted by molar-refractivity contribution is 5.85. The molecule has 1 saturated heterocycles. The predicted octanol–water partition coefficient (Wildman–Crippen LogP) is 3.24. The van der Waals surface area contributed by atoms with Gasteiger partial charge in [0.1, 0.15) is 0 Å². The van der Waals surface area contributed by atoms with E-state index < -0.39 is 0 Å². The molecule has 86 valence electrons. The summed E-state index contributed by atoms with van der Waals surface area (Å²) in [6.07, 6.45) is 3.04. The van der Waals surface area contributed by atoms with Gasteiger partial charge in [0.15, 0.2) is 0 Å². The number of nitriles is 1. The second kappa shape index (κ2) is 6.40. The molecule has 2 rings (SSSR count). The summed E-state index contributed by atoms with van der Waals surface area (Å²) in [7, 11) is 0. The Morgan fingerprint density at radius 1 is 1.19 bits per heavy atom. The molecular weight excluding hydrogens is 220 g/mol. The Labute approximate surface area is 103 Å². The standard InChI is InChI=1S/C13H16N2.ClH/c14-9-6-12-7-10-15(11-8-12)13-4-2-1-3-5-13;/h1-5,12H,6-8,10-11H2;1H. The van der Waals surface area contributed by atoms with Gasteiger partial charge >= 0.3 is 0 Å². The number of nitrogens with zero attached hydrogens (tertiary/aromatic N) is 2. The van der Waals surface area contributed by atoms with Gasteiger partial charge in [-0.05, 0) is 30.9 Å². The van der Waals surface area contributed by atoms with E-state index in [2.05, 4.69) is 35.2 Å². The Balaban J connectivity index is 0.00000128. The van der Waals surface area contributed by atoms with Gasteiger partial charge in [-0.15, -0.1) is 12.4 Å². The molecule has 16 heavy (non-hydrogen) atoms. The second-order valence-corrected chi connectivity index (χ2v) is 4.13. The molecule has 1 fully saturated rings. The number of piperidine rings is 1. The second-order valence-electron chi connectivity index (χ2n) is 4.13. The summed E-state index contributed by atoms with van der Waals surface area (Å²) in [5.74, 6) is 0.620. The normalized spacial score (nSPS) is 16.3. The van der Waals surface area contributed by atoms with Crippen molar-refractivity contribution in [2.24, 2.45) is 5.92 Å². The highest BCUT2D eigenvalue weighted by Gasteiger charge is 2.18. The number of para-hydroxylation sites is 1. The van der Waals surface area contributed by atoms with Crippen molar-refractivity contribution in [1.82, 2.24) is 0 Å². The topological polar surface area (TPSA) is 27.0 Å². The van der Waals surface area contributed by atoms with Crippen molar-refractivity contribution in [2.45, 2.75) is 19.3 Å². The molecule has 1 aromatic rings. The lowest BCUT2D eigenvalue weighted by atomic mass is 9.94. The van der Waals surface area contributed by atoms with Crippen LogP contribution < -0.4 is 4.90 Å². The van der Waals surface area contributed by atoms with Gasteiger partial charge in [0.25, 0.3) is 0 Å². The van der Waals surface area contributed by atoms with E-state index in [0.717, 1.165) is 32.4 Å². The molecule has 2 nitrogen and oxygen atoms in total. The maximum absolute atomic E-state index is 8.64. The van der Waals surface area contributed by atoms with Gasteiger partial charge in [-0.25, -0.2) is 0 Å². The molecule has 0 bridgehead atoms. The Kier molecular flexibility index (Phi) is 5.14. The molecule has 3 heteroatoms. The zero-order valence-corrected chi connectivity index (χ0v) is 10.1. The van der Waals surface area contributed by atoms with Crippen molar-refractivity contribution in [2.75, 3.05) is 18.0 Å². The highest BCUT2D eigenvalue weighted by atomic mass is 35.5. The molecule has 0 N–H and O–H groups in total. The maximum atomic E-state index is 8.64. The van der Waals surface area contributed by atoms with Crippen LogP contribution in [-0.4, -0.2) is 13.1 Å². The maximum Gasteiger partial charge on any atom is 0.0624 e. The molecule has 0 saturated carbocycles. The van der Waals surface area contributed by atoms with E-state index in [4.69, 9.17) is 5.26 Å². The van der Waals surface area contributed by atoms with Crippen LogP contribution in [0.5, 0.6) is 0 Å². The number of hydrogen-bond donors (Lipinski definition) is 0. The average molecular weight is 237 g/mol. The van der Waals surface area contributed by atoms with E-state index in [1.807, 2.05) is 6.07 Å². The smallest absolute Gasteiger partial charge is 0.0624 e. The van der Waals surface area contributed by atoms with Crippen LogP contribution in [0.15, 0.2) is 30.3 Å². The Morgan fingerprint density at radius 3 is 2.38 bits per heavy atom. The number of anilines is 1. The minimum atomic E-state index is 0. The van der Waals surface area contributed by atoms with Gasteiger partial charge in [0.05, 0.1) is 6.07 Å². The molecule has 1 aliphatic heterocycles. The lowest BCUT2D eigenvalue weighted by Crippen LogP contribution is -2.33. The summed E-state index contributed by atoms with van der Waals surface area (Å²) in [4.78, 5) is 2.41.